The Kier molecular flexibility index (Phi) is 6.05. The number of fused-ring (bicyclic) bond motifs is 6. The number of rotatable bonds is 4. The maximum Gasteiger partial charge on any atom is 0.0623 e. The Hall–Kier alpha value is -5.24. The standard InChI is InChI=1S/C45H32S/c1-28(2)40-25-34(26-41-35-23-22-32(27-42(35)46-45(40)41)29-12-4-3-5-13-29)44-38-18-10-8-16-36(38)43(37-17-9-11-19-39(37)44)33-21-20-30-14-6-7-15-31(30)24-33/h3-28H,1-2H3/i6D. The maximum atomic E-state index is 8.09. The van der Waals surface area contributed by atoms with Crippen LogP contribution in [0.3, 0.4) is 0 Å². The van der Waals surface area contributed by atoms with Crippen molar-refractivity contribution >= 4 is 63.8 Å². The quantitative estimate of drug-likeness (QED) is 0.175. The van der Waals surface area contributed by atoms with Gasteiger partial charge in [0.2, 0.25) is 0 Å². The predicted octanol–water partition coefficient (Wildman–Crippen LogP) is 13.6. The number of thiophene rings is 1. The second-order valence-electron chi connectivity index (χ2n) is 12.6. The average molecular weight is 606 g/mol. The van der Waals surface area contributed by atoms with Gasteiger partial charge in [-0.3, -0.25) is 0 Å². The third kappa shape index (κ3) is 4.27. The highest BCUT2D eigenvalue weighted by molar-refractivity contribution is 7.26. The Morgan fingerprint density at radius 2 is 1.11 bits per heavy atom. The monoisotopic (exact) mass is 605 g/mol. The highest BCUT2D eigenvalue weighted by Crippen LogP contribution is 2.47. The number of benzene rings is 8. The molecule has 0 unspecified atom stereocenters. The van der Waals surface area contributed by atoms with Gasteiger partial charge in [-0.1, -0.05) is 141 Å². The van der Waals surface area contributed by atoms with Crippen LogP contribution in [-0.4, -0.2) is 0 Å². The molecule has 46 heavy (non-hydrogen) atoms. The summed E-state index contributed by atoms with van der Waals surface area (Å²) >= 11 is 1.93. The van der Waals surface area contributed by atoms with Gasteiger partial charge in [0.1, 0.15) is 0 Å². The van der Waals surface area contributed by atoms with Crippen molar-refractivity contribution in [1.82, 2.24) is 0 Å². The first kappa shape index (κ1) is 26.0. The zero-order valence-electron chi connectivity index (χ0n) is 26.8. The average Bonchev–Trinajstić information content (AvgIpc) is 3.48. The molecule has 0 amide bonds. The highest BCUT2D eigenvalue weighted by Gasteiger charge is 2.20. The summed E-state index contributed by atoms with van der Waals surface area (Å²) in [6.45, 7) is 4.64. The van der Waals surface area contributed by atoms with Crippen LogP contribution in [-0.2, 0) is 0 Å². The van der Waals surface area contributed by atoms with Gasteiger partial charge >= 0.3 is 0 Å². The second kappa shape index (κ2) is 10.7. The fourth-order valence-electron chi connectivity index (χ4n) is 7.32. The fraction of sp³-hybridized carbons (Fsp3) is 0.0667. The summed E-state index contributed by atoms with van der Waals surface area (Å²) in [5.74, 6) is 0.387. The van der Waals surface area contributed by atoms with Crippen molar-refractivity contribution in [1.29, 1.82) is 0 Å². The molecule has 0 aliphatic heterocycles. The first-order valence-electron chi connectivity index (χ1n) is 16.5. The van der Waals surface area contributed by atoms with Crippen LogP contribution in [0.2, 0.25) is 0 Å². The van der Waals surface area contributed by atoms with Gasteiger partial charge in [0, 0.05) is 20.2 Å². The predicted molar refractivity (Wildman–Crippen MR) is 202 cm³/mol. The molecule has 218 valence electrons. The van der Waals surface area contributed by atoms with Crippen LogP contribution in [0.25, 0.3) is 85.9 Å². The zero-order chi connectivity index (χ0) is 31.6. The minimum absolute atomic E-state index is 0.387. The smallest absolute Gasteiger partial charge is 0.0623 e. The third-order valence-corrected chi connectivity index (χ3v) is 10.7. The molecule has 1 heteroatoms. The zero-order valence-corrected chi connectivity index (χ0v) is 26.7. The summed E-state index contributed by atoms with van der Waals surface area (Å²) in [4.78, 5) is 0. The highest BCUT2D eigenvalue weighted by atomic mass is 32.1. The molecule has 1 heterocycles. The summed E-state index contributed by atoms with van der Waals surface area (Å²) in [6.07, 6.45) is 0. The Morgan fingerprint density at radius 1 is 0.457 bits per heavy atom. The molecule has 8 aromatic carbocycles. The van der Waals surface area contributed by atoms with Crippen molar-refractivity contribution in [2.75, 3.05) is 0 Å². The van der Waals surface area contributed by atoms with E-state index in [9.17, 15) is 0 Å². The summed E-state index contributed by atoms with van der Waals surface area (Å²) in [5.41, 5.74) is 8.94. The van der Waals surface area contributed by atoms with Crippen LogP contribution in [0, 0.1) is 0 Å². The molecule has 0 fully saturated rings. The second-order valence-corrected chi connectivity index (χ2v) is 13.7. The lowest BCUT2D eigenvalue weighted by Gasteiger charge is -2.19. The third-order valence-electron chi connectivity index (χ3n) is 9.52. The van der Waals surface area contributed by atoms with Gasteiger partial charge in [0.15, 0.2) is 0 Å². The van der Waals surface area contributed by atoms with E-state index >= 15 is 0 Å². The summed E-state index contributed by atoms with van der Waals surface area (Å²) in [5, 5.41) is 9.96. The molecule has 0 aliphatic rings. The Labute approximate surface area is 274 Å². The van der Waals surface area contributed by atoms with Crippen molar-refractivity contribution in [3.05, 3.63) is 157 Å². The lowest BCUT2D eigenvalue weighted by atomic mass is 9.84. The topological polar surface area (TPSA) is 0 Å². The van der Waals surface area contributed by atoms with Crippen LogP contribution in [0.4, 0.5) is 0 Å². The van der Waals surface area contributed by atoms with E-state index in [0.717, 1.165) is 10.8 Å². The van der Waals surface area contributed by atoms with Gasteiger partial charge in [-0.25, -0.2) is 0 Å². The molecule has 0 aliphatic carbocycles. The van der Waals surface area contributed by atoms with Crippen molar-refractivity contribution < 1.29 is 1.37 Å². The molecule has 0 saturated carbocycles. The van der Waals surface area contributed by atoms with Crippen LogP contribution in [0.5, 0.6) is 0 Å². The van der Waals surface area contributed by atoms with Crippen LogP contribution < -0.4 is 0 Å². The largest absolute Gasteiger partial charge is 0.135 e. The first-order valence-corrected chi connectivity index (χ1v) is 16.9. The molecule has 0 saturated heterocycles. The minimum Gasteiger partial charge on any atom is -0.135 e. The van der Waals surface area contributed by atoms with E-state index in [0.29, 0.717) is 12.0 Å². The van der Waals surface area contributed by atoms with E-state index in [-0.39, 0.29) is 0 Å². The van der Waals surface area contributed by atoms with Gasteiger partial charge in [-0.2, -0.15) is 0 Å². The van der Waals surface area contributed by atoms with Crippen molar-refractivity contribution in [2.45, 2.75) is 19.8 Å². The van der Waals surface area contributed by atoms with Gasteiger partial charge < -0.3 is 0 Å². The van der Waals surface area contributed by atoms with E-state index < -0.39 is 0 Å². The molecule has 0 bridgehead atoms. The summed E-state index contributed by atoms with van der Waals surface area (Å²) in [6, 6.07) is 53.5. The molecule has 0 atom stereocenters. The van der Waals surface area contributed by atoms with Crippen LogP contribution in [0.15, 0.2) is 152 Å². The molecular formula is C45H32S. The molecule has 0 radical (unpaired) electrons. The van der Waals surface area contributed by atoms with Gasteiger partial charge in [0.25, 0.3) is 0 Å². The van der Waals surface area contributed by atoms with E-state index in [2.05, 4.69) is 147 Å². The van der Waals surface area contributed by atoms with E-state index in [1.165, 1.54) is 80.7 Å². The number of hydrogen-bond acceptors (Lipinski definition) is 1. The van der Waals surface area contributed by atoms with Gasteiger partial charge in [-0.05, 0) is 101 Å². The Bertz CT molecular complexity index is 2600. The fourth-order valence-corrected chi connectivity index (χ4v) is 8.71. The Morgan fingerprint density at radius 3 is 1.80 bits per heavy atom. The van der Waals surface area contributed by atoms with E-state index in [1.54, 1.807) is 0 Å². The lowest BCUT2D eigenvalue weighted by Crippen LogP contribution is -1.93. The Balaban J connectivity index is 1.33. The van der Waals surface area contributed by atoms with Crippen LogP contribution >= 0.6 is 11.3 Å². The van der Waals surface area contributed by atoms with Gasteiger partial charge in [-0.15, -0.1) is 11.3 Å². The van der Waals surface area contributed by atoms with Gasteiger partial charge in [0.05, 0.1) is 1.37 Å². The van der Waals surface area contributed by atoms with E-state index in [1.807, 2.05) is 23.5 Å². The lowest BCUT2D eigenvalue weighted by molar-refractivity contribution is 0.878. The van der Waals surface area contributed by atoms with Crippen molar-refractivity contribution in [3.8, 4) is 33.4 Å². The van der Waals surface area contributed by atoms with Crippen LogP contribution in [0.1, 0.15) is 26.7 Å². The maximum absolute atomic E-state index is 8.09. The molecule has 9 rings (SSSR count). The molecular weight excluding hydrogens is 573 g/mol. The molecule has 0 N–H and O–H groups in total. The molecule has 1 aromatic heterocycles. The minimum atomic E-state index is 0.387. The van der Waals surface area contributed by atoms with Crippen molar-refractivity contribution in [3.63, 3.8) is 0 Å². The molecule has 0 spiro atoms. The normalized spacial score (nSPS) is 12.2. The van der Waals surface area contributed by atoms with E-state index in [4.69, 9.17) is 1.37 Å². The molecule has 0 nitrogen and oxygen atoms in total. The molecule has 9 aromatic rings. The summed E-state index contributed by atoms with van der Waals surface area (Å²) < 4.78 is 10.8. The SMILES string of the molecule is [2H]c1ccc2cc(-c3c4ccccc4c(-c4cc(C(C)C)c5sc6cc(-c7ccccc7)ccc6c5c4)c4ccccc34)ccc2c1. The summed E-state index contributed by atoms with van der Waals surface area (Å²) in [7, 11) is 0. The number of hydrogen-bond donors (Lipinski definition) is 0. The van der Waals surface area contributed by atoms with Crippen molar-refractivity contribution in [2.24, 2.45) is 0 Å². The first-order chi connectivity index (χ1) is 23.0.